The lowest BCUT2D eigenvalue weighted by Crippen LogP contribution is -2.26. The Morgan fingerprint density at radius 3 is 2.76 bits per heavy atom. The van der Waals surface area contributed by atoms with Gasteiger partial charge in [0, 0.05) is 11.0 Å². The van der Waals surface area contributed by atoms with Gasteiger partial charge in [0.1, 0.15) is 12.1 Å². The summed E-state index contributed by atoms with van der Waals surface area (Å²) in [7, 11) is 0. The Morgan fingerprint density at radius 1 is 1.48 bits per heavy atom. The SMILES string of the molecule is Cl.NC/C(=C/F)Cn1ncn(-c2ccc(Br)cc2F)c1=O. The maximum absolute atomic E-state index is 13.8. The van der Waals surface area contributed by atoms with E-state index in [1.54, 1.807) is 6.07 Å². The van der Waals surface area contributed by atoms with Gasteiger partial charge in [0.05, 0.1) is 18.6 Å². The van der Waals surface area contributed by atoms with E-state index in [1.807, 2.05) is 0 Å². The van der Waals surface area contributed by atoms with Crippen molar-refractivity contribution in [2.75, 3.05) is 6.54 Å². The van der Waals surface area contributed by atoms with E-state index in [-0.39, 0.29) is 36.8 Å². The third kappa shape index (κ3) is 3.78. The number of nitrogens with two attached hydrogens (primary N) is 1. The first kappa shape index (κ1) is 17.5. The zero-order valence-corrected chi connectivity index (χ0v) is 13.1. The summed E-state index contributed by atoms with van der Waals surface area (Å²) in [6, 6.07) is 4.29. The Labute approximate surface area is 133 Å². The van der Waals surface area contributed by atoms with Gasteiger partial charge in [-0.25, -0.2) is 22.8 Å². The molecule has 1 heterocycles. The van der Waals surface area contributed by atoms with Crippen LogP contribution in [0.2, 0.25) is 0 Å². The summed E-state index contributed by atoms with van der Waals surface area (Å²) in [5.41, 5.74) is 5.03. The monoisotopic (exact) mass is 380 g/mol. The number of hydrogen-bond donors (Lipinski definition) is 1. The number of benzene rings is 1. The summed E-state index contributed by atoms with van der Waals surface area (Å²) in [6.07, 6.45) is 1.52. The third-order valence-corrected chi connectivity index (χ3v) is 3.17. The number of aromatic nitrogens is 3. The lowest BCUT2D eigenvalue weighted by atomic mass is 10.3. The first-order valence-corrected chi connectivity index (χ1v) is 6.44. The molecule has 0 saturated heterocycles. The molecule has 9 heteroatoms. The molecule has 21 heavy (non-hydrogen) atoms. The second-order valence-electron chi connectivity index (χ2n) is 4.01. The highest BCUT2D eigenvalue weighted by molar-refractivity contribution is 9.10. The van der Waals surface area contributed by atoms with Crippen molar-refractivity contribution >= 4 is 28.3 Å². The van der Waals surface area contributed by atoms with Crippen molar-refractivity contribution in [2.24, 2.45) is 5.73 Å². The number of halogens is 4. The molecule has 114 valence electrons. The van der Waals surface area contributed by atoms with Crippen LogP contribution in [-0.4, -0.2) is 20.9 Å². The van der Waals surface area contributed by atoms with Gasteiger partial charge in [0.15, 0.2) is 0 Å². The van der Waals surface area contributed by atoms with Crippen LogP contribution in [0.5, 0.6) is 0 Å². The van der Waals surface area contributed by atoms with E-state index in [9.17, 15) is 13.6 Å². The van der Waals surface area contributed by atoms with Gasteiger partial charge in [-0.2, -0.15) is 5.10 Å². The predicted molar refractivity (Wildman–Crippen MR) is 81.0 cm³/mol. The van der Waals surface area contributed by atoms with Crippen molar-refractivity contribution in [3.05, 3.63) is 57.2 Å². The normalized spacial score (nSPS) is 11.3. The lowest BCUT2D eigenvalue weighted by Gasteiger charge is -2.03. The summed E-state index contributed by atoms with van der Waals surface area (Å²) in [6.45, 7) is -0.0978. The van der Waals surface area contributed by atoms with Crippen molar-refractivity contribution in [1.29, 1.82) is 0 Å². The van der Waals surface area contributed by atoms with Crippen LogP contribution in [0.3, 0.4) is 0 Å². The molecule has 0 amide bonds. The number of rotatable bonds is 4. The molecule has 1 aromatic heterocycles. The molecule has 0 spiro atoms. The Morgan fingerprint density at radius 2 is 2.19 bits per heavy atom. The molecule has 1 aromatic carbocycles. The highest BCUT2D eigenvalue weighted by Crippen LogP contribution is 2.17. The van der Waals surface area contributed by atoms with E-state index in [0.29, 0.717) is 10.8 Å². The van der Waals surface area contributed by atoms with E-state index in [2.05, 4.69) is 21.0 Å². The van der Waals surface area contributed by atoms with Crippen molar-refractivity contribution in [1.82, 2.24) is 14.3 Å². The highest BCUT2D eigenvalue weighted by Gasteiger charge is 2.12. The van der Waals surface area contributed by atoms with Crippen LogP contribution in [0.4, 0.5) is 8.78 Å². The topological polar surface area (TPSA) is 65.8 Å². The first-order valence-electron chi connectivity index (χ1n) is 5.65. The molecule has 0 saturated carbocycles. The minimum atomic E-state index is -0.570. The molecule has 0 bridgehead atoms. The van der Waals surface area contributed by atoms with Gasteiger partial charge in [-0.15, -0.1) is 12.4 Å². The van der Waals surface area contributed by atoms with E-state index < -0.39 is 11.5 Å². The molecule has 0 aliphatic carbocycles. The molecular formula is C12H12BrClF2N4O. The molecule has 0 aliphatic rings. The number of hydrogen-bond acceptors (Lipinski definition) is 3. The van der Waals surface area contributed by atoms with Gasteiger partial charge in [0.2, 0.25) is 0 Å². The summed E-state index contributed by atoms with van der Waals surface area (Å²) in [5.74, 6) is -0.568. The van der Waals surface area contributed by atoms with Crippen LogP contribution >= 0.6 is 28.3 Å². The maximum Gasteiger partial charge on any atom is 0.350 e. The zero-order valence-electron chi connectivity index (χ0n) is 10.7. The molecule has 2 aromatic rings. The minimum absolute atomic E-state index is 0. The van der Waals surface area contributed by atoms with Crippen LogP contribution < -0.4 is 11.4 Å². The molecule has 2 rings (SSSR count). The zero-order chi connectivity index (χ0) is 14.7. The molecule has 0 atom stereocenters. The molecule has 0 unspecified atom stereocenters. The van der Waals surface area contributed by atoms with E-state index >= 15 is 0 Å². The van der Waals surface area contributed by atoms with E-state index in [1.165, 1.54) is 18.5 Å². The molecular weight excluding hydrogens is 370 g/mol. The average Bonchev–Trinajstić information content (AvgIpc) is 2.77. The summed E-state index contributed by atoms with van der Waals surface area (Å²) >= 11 is 3.13. The van der Waals surface area contributed by atoms with E-state index in [4.69, 9.17) is 5.73 Å². The summed E-state index contributed by atoms with van der Waals surface area (Å²) < 4.78 is 28.9. The Hall–Kier alpha value is -1.51. The standard InChI is InChI=1S/C12H11BrF2N4O.ClH/c13-9-1-2-11(10(15)3-9)18-7-17-19(12(18)20)6-8(4-14)5-16;/h1-4,7H,5-6,16H2;1H/b8-4-;. The molecule has 5 nitrogen and oxygen atoms in total. The third-order valence-electron chi connectivity index (χ3n) is 2.67. The van der Waals surface area contributed by atoms with Crippen LogP contribution in [0.1, 0.15) is 0 Å². The fourth-order valence-electron chi connectivity index (χ4n) is 1.62. The van der Waals surface area contributed by atoms with Gasteiger partial charge in [-0.1, -0.05) is 15.9 Å². The van der Waals surface area contributed by atoms with Crippen molar-refractivity contribution < 1.29 is 8.78 Å². The molecule has 2 N–H and O–H groups in total. The quantitative estimate of drug-likeness (QED) is 0.883. The van der Waals surface area contributed by atoms with Crippen LogP contribution in [0, 0.1) is 5.82 Å². The first-order chi connectivity index (χ1) is 9.56. The van der Waals surface area contributed by atoms with Crippen LogP contribution in [0.25, 0.3) is 5.69 Å². The van der Waals surface area contributed by atoms with Crippen LogP contribution in [-0.2, 0) is 6.54 Å². The second kappa shape index (κ2) is 7.48. The van der Waals surface area contributed by atoms with Crippen molar-refractivity contribution in [2.45, 2.75) is 6.54 Å². The molecule has 0 radical (unpaired) electrons. The Kier molecular flexibility index (Phi) is 6.25. The molecule has 0 fully saturated rings. The Balaban J connectivity index is 0.00000220. The number of nitrogens with zero attached hydrogens (tertiary/aromatic N) is 3. The minimum Gasteiger partial charge on any atom is -0.327 e. The fourth-order valence-corrected chi connectivity index (χ4v) is 1.96. The second-order valence-corrected chi connectivity index (χ2v) is 4.92. The highest BCUT2D eigenvalue weighted by atomic mass is 79.9. The summed E-state index contributed by atoms with van der Waals surface area (Å²) in [5, 5.41) is 3.82. The largest absolute Gasteiger partial charge is 0.350 e. The Bertz CT molecular complexity index is 714. The summed E-state index contributed by atoms with van der Waals surface area (Å²) in [4.78, 5) is 12.1. The van der Waals surface area contributed by atoms with Crippen molar-refractivity contribution in [3.63, 3.8) is 0 Å². The van der Waals surface area contributed by atoms with Gasteiger partial charge in [-0.3, -0.25) is 0 Å². The molecule has 0 aliphatic heterocycles. The fraction of sp³-hybridized carbons (Fsp3) is 0.167. The lowest BCUT2D eigenvalue weighted by molar-refractivity contribution is 0.601. The predicted octanol–water partition coefficient (Wildman–Crippen LogP) is 2.17. The van der Waals surface area contributed by atoms with Crippen molar-refractivity contribution in [3.8, 4) is 5.69 Å². The van der Waals surface area contributed by atoms with Gasteiger partial charge < -0.3 is 5.73 Å². The smallest absolute Gasteiger partial charge is 0.327 e. The van der Waals surface area contributed by atoms with Gasteiger partial charge >= 0.3 is 5.69 Å². The maximum atomic E-state index is 13.8. The average molecular weight is 382 g/mol. The van der Waals surface area contributed by atoms with Crippen LogP contribution in [0.15, 0.2) is 45.7 Å². The van der Waals surface area contributed by atoms with E-state index in [0.717, 1.165) is 9.25 Å². The van der Waals surface area contributed by atoms with Gasteiger partial charge in [-0.05, 0) is 23.8 Å². The van der Waals surface area contributed by atoms with Gasteiger partial charge in [0.25, 0.3) is 0 Å².